The minimum Gasteiger partial charge on any atom is -0.366 e. The van der Waals surface area contributed by atoms with Crippen LogP contribution < -0.4 is 21.3 Å². The van der Waals surface area contributed by atoms with Crippen LogP contribution in [0, 0.1) is 0 Å². The zero-order valence-corrected chi connectivity index (χ0v) is 13.4. The fourth-order valence-corrected chi connectivity index (χ4v) is 1.93. The van der Waals surface area contributed by atoms with Crippen molar-refractivity contribution in [2.24, 2.45) is 0 Å². The number of rotatable bonds is 5. The SMILES string of the molecule is C=CCNC(=O)Nc1ccc(NC(=O)C2CNCCO2)cc1.Cl. The Balaban J connectivity index is 0.00000264. The van der Waals surface area contributed by atoms with Gasteiger partial charge in [-0.15, -0.1) is 19.0 Å². The highest BCUT2D eigenvalue weighted by Crippen LogP contribution is 2.14. The van der Waals surface area contributed by atoms with Crippen molar-refractivity contribution in [3.63, 3.8) is 0 Å². The van der Waals surface area contributed by atoms with Crippen molar-refractivity contribution >= 4 is 35.7 Å². The average Bonchev–Trinajstić information content (AvgIpc) is 2.55. The molecule has 0 radical (unpaired) electrons. The molecule has 23 heavy (non-hydrogen) atoms. The van der Waals surface area contributed by atoms with Crippen LogP contribution in [-0.4, -0.2) is 44.3 Å². The van der Waals surface area contributed by atoms with Gasteiger partial charge in [-0.25, -0.2) is 4.79 Å². The Bertz CT molecular complexity index is 530. The van der Waals surface area contributed by atoms with Crippen LogP contribution in [0.4, 0.5) is 16.2 Å². The van der Waals surface area contributed by atoms with Gasteiger partial charge in [0.05, 0.1) is 6.61 Å². The summed E-state index contributed by atoms with van der Waals surface area (Å²) in [7, 11) is 0. The number of carbonyl (C=O) groups excluding carboxylic acids is 2. The lowest BCUT2D eigenvalue weighted by Crippen LogP contribution is -2.45. The van der Waals surface area contributed by atoms with Gasteiger partial charge in [-0.05, 0) is 24.3 Å². The Morgan fingerprint density at radius 3 is 2.48 bits per heavy atom. The number of hydrogen-bond donors (Lipinski definition) is 4. The number of urea groups is 1. The third-order valence-corrected chi connectivity index (χ3v) is 3.04. The summed E-state index contributed by atoms with van der Waals surface area (Å²) in [5, 5.41) is 11.2. The number of hydrogen-bond acceptors (Lipinski definition) is 4. The molecule has 0 bridgehead atoms. The van der Waals surface area contributed by atoms with Crippen LogP contribution in [0.15, 0.2) is 36.9 Å². The molecule has 8 heteroatoms. The van der Waals surface area contributed by atoms with E-state index in [1.807, 2.05) is 0 Å². The van der Waals surface area contributed by atoms with Crippen molar-refractivity contribution in [2.45, 2.75) is 6.10 Å². The number of halogens is 1. The van der Waals surface area contributed by atoms with Crippen LogP contribution in [0.25, 0.3) is 0 Å². The van der Waals surface area contributed by atoms with Gasteiger partial charge in [0.1, 0.15) is 6.10 Å². The van der Waals surface area contributed by atoms with Gasteiger partial charge in [-0.3, -0.25) is 4.79 Å². The molecule has 126 valence electrons. The molecule has 0 saturated carbocycles. The lowest BCUT2D eigenvalue weighted by molar-refractivity contribution is -0.128. The first-order valence-corrected chi connectivity index (χ1v) is 7.08. The van der Waals surface area contributed by atoms with E-state index in [4.69, 9.17) is 4.74 Å². The molecule has 0 spiro atoms. The molecule has 1 heterocycles. The van der Waals surface area contributed by atoms with Crippen LogP contribution in [0.2, 0.25) is 0 Å². The molecular weight excluding hydrogens is 320 g/mol. The van der Waals surface area contributed by atoms with E-state index >= 15 is 0 Å². The van der Waals surface area contributed by atoms with Gasteiger partial charge in [-0.2, -0.15) is 0 Å². The Hall–Kier alpha value is -2.09. The Kier molecular flexibility index (Phi) is 8.10. The minimum absolute atomic E-state index is 0. The summed E-state index contributed by atoms with van der Waals surface area (Å²) in [5.74, 6) is -0.184. The quantitative estimate of drug-likeness (QED) is 0.609. The molecule has 1 aromatic rings. The third-order valence-electron chi connectivity index (χ3n) is 3.04. The molecule has 0 aliphatic carbocycles. The van der Waals surface area contributed by atoms with Crippen LogP contribution in [0.5, 0.6) is 0 Å². The van der Waals surface area contributed by atoms with E-state index in [-0.39, 0.29) is 24.3 Å². The molecule has 1 atom stereocenters. The summed E-state index contributed by atoms with van der Waals surface area (Å²) in [4.78, 5) is 23.5. The Labute approximate surface area is 141 Å². The monoisotopic (exact) mass is 340 g/mol. The fraction of sp³-hybridized carbons (Fsp3) is 0.333. The van der Waals surface area contributed by atoms with Gasteiger partial charge >= 0.3 is 6.03 Å². The lowest BCUT2D eigenvalue weighted by atomic mass is 10.2. The van der Waals surface area contributed by atoms with Gasteiger partial charge in [0, 0.05) is 31.0 Å². The molecule has 3 amide bonds. The van der Waals surface area contributed by atoms with E-state index in [1.165, 1.54) is 0 Å². The largest absolute Gasteiger partial charge is 0.366 e. The van der Waals surface area contributed by atoms with Crippen molar-refractivity contribution < 1.29 is 14.3 Å². The van der Waals surface area contributed by atoms with Crippen LogP contribution in [0.1, 0.15) is 0 Å². The normalized spacial score (nSPS) is 16.6. The van der Waals surface area contributed by atoms with E-state index in [9.17, 15) is 9.59 Å². The molecule has 0 aromatic heterocycles. The molecule has 7 nitrogen and oxygen atoms in total. The molecule has 1 fully saturated rings. The average molecular weight is 341 g/mol. The molecule has 1 aromatic carbocycles. The van der Waals surface area contributed by atoms with Crippen molar-refractivity contribution in [1.29, 1.82) is 0 Å². The van der Waals surface area contributed by atoms with E-state index < -0.39 is 6.10 Å². The van der Waals surface area contributed by atoms with Gasteiger partial charge in [-0.1, -0.05) is 6.08 Å². The summed E-state index contributed by atoms with van der Waals surface area (Å²) >= 11 is 0. The van der Waals surface area contributed by atoms with Gasteiger partial charge in [0.15, 0.2) is 0 Å². The van der Waals surface area contributed by atoms with E-state index in [0.717, 1.165) is 6.54 Å². The van der Waals surface area contributed by atoms with Crippen molar-refractivity contribution in [2.75, 3.05) is 36.9 Å². The van der Waals surface area contributed by atoms with Gasteiger partial charge in [0.25, 0.3) is 5.91 Å². The number of anilines is 2. The van der Waals surface area contributed by atoms with E-state index in [1.54, 1.807) is 30.3 Å². The van der Waals surface area contributed by atoms with Crippen LogP contribution >= 0.6 is 12.4 Å². The standard InChI is InChI=1S/C15H20N4O3.ClH/c1-2-7-17-15(21)19-12-5-3-11(4-6-12)18-14(20)13-10-16-8-9-22-13;/h2-6,13,16H,1,7-10H2,(H,18,20)(H2,17,19,21);1H. The Morgan fingerprint density at radius 1 is 1.26 bits per heavy atom. The maximum atomic E-state index is 12.0. The summed E-state index contributed by atoms with van der Waals surface area (Å²) in [6, 6.07) is 6.55. The minimum atomic E-state index is -0.476. The number of nitrogens with one attached hydrogen (secondary N) is 4. The summed E-state index contributed by atoms with van der Waals surface area (Å²) in [6.45, 7) is 5.72. The number of ether oxygens (including phenoxy) is 1. The molecule has 1 aliphatic rings. The third kappa shape index (κ3) is 6.27. The predicted octanol–water partition coefficient (Wildman–Crippen LogP) is 1.34. The number of amides is 3. The first-order chi connectivity index (χ1) is 10.7. The number of carbonyl (C=O) groups is 2. The molecule has 4 N–H and O–H groups in total. The van der Waals surface area contributed by atoms with Gasteiger partial charge in [0.2, 0.25) is 0 Å². The smallest absolute Gasteiger partial charge is 0.319 e. The first kappa shape index (κ1) is 19.0. The van der Waals surface area contributed by atoms with Crippen molar-refractivity contribution in [3.8, 4) is 0 Å². The fourth-order valence-electron chi connectivity index (χ4n) is 1.93. The number of benzene rings is 1. The lowest BCUT2D eigenvalue weighted by Gasteiger charge is -2.22. The van der Waals surface area contributed by atoms with E-state index in [0.29, 0.717) is 31.1 Å². The second-order valence-corrected chi connectivity index (χ2v) is 4.75. The van der Waals surface area contributed by atoms with Crippen LogP contribution in [-0.2, 0) is 9.53 Å². The number of morpholine rings is 1. The zero-order chi connectivity index (χ0) is 15.8. The molecular formula is C15H21ClN4O3. The highest BCUT2D eigenvalue weighted by Gasteiger charge is 2.21. The van der Waals surface area contributed by atoms with E-state index in [2.05, 4.69) is 27.8 Å². The first-order valence-electron chi connectivity index (χ1n) is 7.08. The second-order valence-electron chi connectivity index (χ2n) is 4.75. The molecule has 1 aliphatic heterocycles. The maximum Gasteiger partial charge on any atom is 0.319 e. The summed E-state index contributed by atoms with van der Waals surface area (Å²) in [5.41, 5.74) is 1.28. The summed E-state index contributed by atoms with van der Waals surface area (Å²) < 4.78 is 5.38. The van der Waals surface area contributed by atoms with Gasteiger partial charge < -0.3 is 26.0 Å². The van der Waals surface area contributed by atoms with Crippen molar-refractivity contribution in [3.05, 3.63) is 36.9 Å². The molecule has 2 rings (SSSR count). The highest BCUT2D eigenvalue weighted by atomic mass is 35.5. The second kappa shape index (κ2) is 9.83. The Morgan fingerprint density at radius 2 is 1.91 bits per heavy atom. The maximum absolute atomic E-state index is 12.0. The highest BCUT2D eigenvalue weighted by molar-refractivity contribution is 5.95. The van der Waals surface area contributed by atoms with Crippen molar-refractivity contribution in [1.82, 2.24) is 10.6 Å². The topological polar surface area (TPSA) is 91.5 Å². The molecule has 1 unspecified atom stereocenters. The predicted molar refractivity (Wildman–Crippen MR) is 92.1 cm³/mol. The molecule has 1 saturated heterocycles. The summed E-state index contributed by atoms with van der Waals surface area (Å²) in [6.07, 6.45) is 1.12. The zero-order valence-electron chi connectivity index (χ0n) is 12.6. The van der Waals surface area contributed by atoms with Crippen LogP contribution in [0.3, 0.4) is 0 Å².